The highest BCUT2D eigenvalue weighted by atomic mass is 16.2. The van der Waals surface area contributed by atoms with Crippen LogP contribution in [-0.4, -0.2) is 33.7 Å². The van der Waals surface area contributed by atoms with Crippen molar-refractivity contribution in [2.24, 2.45) is 12.5 Å². The summed E-state index contributed by atoms with van der Waals surface area (Å²) in [4.78, 5) is 26.9. The predicted octanol–water partition coefficient (Wildman–Crippen LogP) is 1.38. The van der Waals surface area contributed by atoms with Gasteiger partial charge in [-0.3, -0.25) is 19.2 Å². The first-order valence-corrected chi connectivity index (χ1v) is 7.30. The highest BCUT2D eigenvalue weighted by Gasteiger charge is 2.45. The molecule has 2 unspecified atom stereocenters. The van der Waals surface area contributed by atoms with Crippen LogP contribution in [0.3, 0.4) is 0 Å². The number of anilines is 1. The Morgan fingerprint density at radius 2 is 1.95 bits per heavy atom. The molecule has 1 aliphatic rings. The number of amides is 2. The van der Waals surface area contributed by atoms with Gasteiger partial charge >= 0.3 is 0 Å². The fraction of sp³-hybridized carbons (Fsp3) is 0.667. The Labute approximate surface area is 125 Å². The fourth-order valence-corrected chi connectivity index (χ4v) is 2.78. The van der Waals surface area contributed by atoms with E-state index < -0.39 is 12.1 Å². The SMILES string of the molecule is CCC1C(=O)NC(C(C)(C)C)C(=O)N1c1cn(C)nc1C. The molecule has 0 saturated carbocycles. The third-order valence-corrected chi connectivity index (χ3v) is 3.89. The van der Waals surface area contributed by atoms with Gasteiger partial charge in [0, 0.05) is 13.2 Å². The van der Waals surface area contributed by atoms with Crippen molar-refractivity contribution in [3.05, 3.63) is 11.9 Å². The van der Waals surface area contributed by atoms with Gasteiger partial charge in [-0.05, 0) is 18.8 Å². The van der Waals surface area contributed by atoms with Crippen LogP contribution in [0.4, 0.5) is 5.69 Å². The molecule has 1 saturated heterocycles. The van der Waals surface area contributed by atoms with Crippen LogP contribution in [0.5, 0.6) is 0 Å². The van der Waals surface area contributed by atoms with E-state index in [2.05, 4.69) is 10.4 Å². The molecular weight excluding hydrogens is 268 g/mol. The van der Waals surface area contributed by atoms with Gasteiger partial charge < -0.3 is 5.32 Å². The number of nitrogens with one attached hydrogen (secondary N) is 1. The van der Waals surface area contributed by atoms with Crippen molar-refractivity contribution in [3.63, 3.8) is 0 Å². The summed E-state index contributed by atoms with van der Waals surface area (Å²) in [5, 5.41) is 7.17. The number of rotatable bonds is 2. The summed E-state index contributed by atoms with van der Waals surface area (Å²) >= 11 is 0. The standard InChI is InChI=1S/C15H24N4O2/c1-7-10-13(20)16-12(15(3,4)5)14(21)19(10)11-8-18(6)17-9(11)2/h8,10,12H,7H2,1-6H3,(H,16,20). The predicted molar refractivity (Wildman–Crippen MR) is 80.9 cm³/mol. The maximum Gasteiger partial charge on any atom is 0.250 e. The number of piperazine rings is 1. The van der Waals surface area contributed by atoms with Gasteiger partial charge in [0.1, 0.15) is 12.1 Å². The van der Waals surface area contributed by atoms with Crippen LogP contribution in [0, 0.1) is 12.3 Å². The molecule has 1 aliphatic heterocycles. The number of carbonyl (C=O) groups is 2. The summed E-state index contributed by atoms with van der Waals surface area (Å²) in [6.45, 7) is 9.63. The average Bonchev–Trinajstić information content (AvgIpc) is 2.68. The van der Waals surface area contributed by atoms with Crippen molar-refractivity contribution in [3.8, 4) is 0 Å². The zero-order valence-corrected chi connectivity index (χ0v) is 13.6. The first-order chi connectivity index (χ1) is 9.66. The largest absolute Gasteiger partial charge is 0.342 e. The minimum Gasteiger partial charge on any atom is -0.342 e. The Balaban J connectivity index is 2.50. The minimum atomic E-state index is -0.521. The monoisotopic (exact) mass is 292 g/mol. The molecule has 0 radical (unpaired) electrons. The first-order valence-electron chi connectivity index (χ1n) is 7.30. The Morgan fingerprint density at radius 1 is 1.33 bits per heavy atom. The lowest BCUT2D eigenvalue weighted by Crippen LogP contribution is -2.66. The van der Waals surface area contributed by atoms with Crippen molar-refractivity contribution < 1.29 is 9.59 Å². The molecule has 1 aromatic heterocycles. The Morgan fingerprint density at radius 3 is 2.38 bits per heavy atom. The molecule has 0 aliphatic carbocycles. The first kappa shape index (κ1) is 15.5. The van der Waals surface area contributed by atoms with Crippen LogP contribution in [0.25, 0.3) is 0 Å². The zero-order chi connectivity index (χ0) is 15.9. The van der Waals surface area contributed by atoms with E-state index in [4.69, 9.17) is 0 Å². The van der Waals surface area contributed by atoms with E-state index in [0.29, 0.717) is 6.42 Å². The number of carbonyl (C=O) groups excluding carboxylic acids is 2. The van der Waals surface area contributed by atoms with Crippen molar-refractivity contribution in [1.29, 1.82) is 0 Å². The molecule has 6 nitrogen and oxygen atoms in total. The van der Waals surface area contributed by atoms with Gasteiger partial charge in [-0.1, -0.05) is 27.7 Å². The highest BCUT2D eigenvalue weighted by Crippen LogP contribution is 2.31. The van der Waals surface area contributed by atoms with Crippen LogP contribution in [-0.2, 0) is 16.6 Å². The fourth-order valence-electron chi connectivity index (χ4n) is 2.78. The van der Waals surface area contributed by atoms with E-state index in [-0.39, 0.29) is 17.2 Å². The van der Waals surface area contributed by atoms with Crippen LogP contribution >= 0.6 is 0 Å². The summed E-state index contributed by atoms with van der Waals surface area (Å²) in [7, 11) is 1.81. The van der Waals surface area contributed by atoms with E-state index in [1.165, 1.54) is 0 Å². The van der Waals surface area contributed by atoms with Gasteiger partial charge in [0.15, 0.2) is 0 Å². The summed E-state index contributed by atoms with van der Waals surface area (Å²) in [6, 6.07) is -0.994. The lowest BCUT2D eigenvalue weighted by molar-refractivity contribution is -0.136. The molecule has 2 heterocycles. The van der Waals surface area contributed by atoms with E-state index >= 15 is 0 Å². The lowest BCUT2D eigenvalue weighted by atomic mass is 9.83. The molecule has 0 spiro atoms. The molecule has 2 atom stereocenters. The molecule has 2 rings (SSSR count). The molecule has 2 amide bonds. The number of hydrogen-bond acceptors (Lipinski definition) is 3. The lowest BCUT2D eigenvalue weighted by Gasteiger charge is -2.42. The van der Waals surface area contributed by atoms with E-state index in [0.717, 1.165) is 11.4 Å². The summed E-state index contributed by atoms with van der Waals surface area (Å²) < 4.78 is 1.67. The summed E-state index contributed by atoms with van der Waals surface area (Å²) in [5.74, 6) is -0.162. The van der Waals surface area contributed by atoms with Crippen molar-refractivity contribution in [2.45, 2.75) is 53.1 Å². The van der Waals surface area contributed by atoms with Crippen LogP contribution in [0.15, 0.2) is 6.20 Å². The Hall–Kier alpha value is -1.85. The Kier molecular flexibility index (Phi) is 3.82. The summed E-state index contributed by atoms with van der Waals surface area (Å²) in [5.41, 5.74) is 1.14. The van der Waals surface area contributed by atoms with Gasteiger partial charge in [0.2, 0.25) is 5.91 Å². The normalized spacial score (nSPS) is 23.4. The second kappa shape index (κ2) is 5.16. The van der Waals surface area contributed by atoms with Crippen molar-refractivity contribution in [1.82, 2.24) is 15.1 Å². The van der Waals surface area contributed by atoms with Crippen LogP contribution in [0.2, 0.25) is 0 Å². The molecule has 0 aromatic carbocycles. The van der Waals surface area contributed by atoms with E-state index in [1.807, 2.05) is 41.7 Å². The van der Waals surface area contributed by atoms with E-state index in [9.17, 15) is 9.59 Å². The van der Waals surface area contributed by atoms with Crippen molar-refractivity contribution >= 4 is 17.5 Å². The van der Waals surface area contributed by atoms with Crippen molar-refractivity contribution in [2.75, 3.05) is 4.90 Å². The molecule has 6 heteroatoms. The molecule has 21 heavy (non-hydrogen) atoms. The highest BCUT2D eigenvalue weighted by molar-refractivity contribution is 6.08. The second-order valence-electron chi connectivity index (χ2n) is 6.71. The smallest absolute Gasteiger partial charge is 0.250 e. The van der Waals surface area contributed by atoms with Crippen LogP contribution < -0.4 is 10.2 Å². The number of aromatic nitrogens is 2. The third kappa shape index (κ3) is 2.66. The van der Waals surface area contributed by atoms with Gasteiger partial charge in [0.05, 0.1) is 11.4 Å². The average molecular weight is 292 g/mol. The van der Waals surface area contributed by atoms with Crippen LogP contribution in [0.1, 0.15) is 39.8 Å². The molecule has 0 bridgehead atoms. The molecule has 1 N–H and O–H groups in total. The van der Waals surface area contributed by atoms with Gasteiger partial charge in [-0.2, -0.15) is 5.10 Å². The number of nitrogens with zero attached hydrogens (tertiary/aromatic N) is 3. The third-order valence-electron chi connectivity index (χ3n) is 3.89. The Bertz CT molecular complexity index is 571. The second-order valence-corrected chi connectivity index (χ2v) is 6.71. The maximum absolute atomic E-state index is 12.9. The zero-order valence-electron chi connectivity index (χ0n) is 13.6. The maximum atomic E-state index is 12.9. The quantitative estimate of drug-likeness (QED) is 0.895. The number of hydrogen-bond donors (Lipinski definition) is 1. The number of aryl methyl sites for hydroxylation is 2. The van der Waals surface area contributed by atoms with Gasteiger partial charge in [0.25, 0.3) is 5.91 Å². The molecule has 1 aromatic rings. The molecular formula is C15H24N4O2. The summed E-state index contributed by atoms with van der Waals surface area (Å²) in [6.07, 6.45) is 2.37. The van der Waals surface area contributed by atoms with Gasteiger partial charge in [-0.15, -0.1) is 0 Å². The van der Waals surface area contributed by atoms with Gasteiger partial charge in [-0.25, -0.2) is 0 Å². The topological polar surface area (TPSA) is 67.2 Å². The molecule has 1 fully saturated rings. The van der Waals surface area contributed by atoms with E-state index in [1.54, 1.807) is 15.8 Å². The minimum absolute atomic E-state index is 0.0648. The molecule has 116 valence electrons.